The van der Waals surface area contributed by atoms with Gasteiger partial charge in [0.2, 0.25) is 0 Å². The van der Waals surface area contributed by atoms with Crippen LogP contribution in [0.25, 0.3) is 0 Å². The molecule has 3 nitrogen and oxygen atoms in total. The molecule has 0 aromatic heterocycles. The van der Waals surface area contributed by atoms with Crippen molar-refractivity contribution in [2.45, 2.75) is 70.4 Å². The Kier molecular flexibility index (Phi) is 5.74. The van der Waals surface area contributed by atoms with Crippen LogP contribution < -0.4 is 0 Å². The lowest BCUT2D eigenvalue weighted by atomic mass is 9.77. The first-order valence-corrected chi connectivity index (χ1v) is 10.6. The topological polar surface area (TPSA) is 15.7 Å². The summed E-state index contributed by atoms with van der Waals surface area (Å²) in [4.78, 5) is 9.04. The van der Waals surface area contributed by atoms with Gasteiger partial charge in [0.25, 0.3) is 0 Å². The molecule has 0 radical (unpaired) electrons. The minimum atomic E-state index is 0.607. The second kappa shape index (κ2) is 8.20. The summed E-state index contributed by atoms with van der Waals surface area (Å²) in [5, 5.41) is 2.38. The Morgan fingerprint density at radius 3 is 2.96 bits per heavy atom. The monoisotopic (exact) mass is 342 g/mol. The van der Waals surface area contributed by atoms with E-state index in [9.17, 15) is 0 Å². The normalized spacial score (nSPS) is 29.7. The zero-order valence-corrected chi connectivity index (χ0v) is 15.8. The maximum atomic E-state index is 6.28. The standard InChI is InChI=1S/C22H34N2O/c1-2-3-4-7-15-25-24-13-8-10-19-17-23-14-12-18-9-5-6-11-20(18)22(23)16-21(19)24/h5-6,9,11,19,21-22H,2-4,7-8,10,12-17H2,1H3. The Morgan fingerprint density at radius 2 is 2.04 bits per heavy atom. The van der Waals surface area contributed by atoms with Crippen LogP contribution >= 0.6 is 0 Å². The number of nitrogens with zero attached hydrogens (tertiary/aromatic N) is 2. The highest BCUT2D eigenvalue weighted by atomic mass is 16.7. The summed E-state index contributed by atoms with van der Waals surface area (Å²) in [5.74, 6) is 0.797. The molecule has 3 atom stereocenters. The Bertz CT molecular complexity index is 561. The third kappa shape index (κ3) is 3.79. The maximum absolute atomic E-state index is 6.28. The molecule has 3 aliphatic heterocycles. The smallest absolute Gasteiger partial charge is 0.0685 e. The highest BCUT2D eigenvalue weighted by Gasteiger charge is 2.42. The van der Waals surface area contributed by atoms with E-state index in [1.165, 1.54) is 64.5 Å². The van der Waals surface area contributed by atoms with Gasteiger partial charge in [-0.2, -0.15) is 5.06 Å². The molecular formula is C22H34N2O. The van der Waals surface area contributed by atoms with E-state index in [1.54, 1.807) is 11.1 Å². The summed E-state index contributed by atoms with van der Waals surface area (Å²) in [5.41, 5.74) is 3.16. The molecule has 0 amide bonds. The number of hydroxylamine groups is 2. The molecule has 2 fully saturated rings. The first kappa shape index (κ1) is 17.5. The van der Waals surface area contributed by atoms with Gasteiger partial charge in [0.15, 0.2) is 0 Å². The molecule has 3 unspecified atom stereocenters. The minimum Gasteiger partial charge on any atom is -0.299 e. The van der Waals surface area contributed by atoms with Crippen molar-refractivity contribution in [3.63, 3.8) is 0 Å². The van der Waals surface area contributed by atoms with Crippen LogP contribution in [0.1, 0.15) is 69.0 Å². The second-order valence-corrected chi connectivity index (χ2v) is 8.20. The largest absolute Gasteiger partial charge is 0.299 e. The van der Waals surface area contributed by atoms with E-state index < -0.39 is 0 Å². The molecule has 2 saturated heterocycles. The van der Waals surface area contributed by atoms with Crippen molar-refractivity contribution in [1.82, 2.24) is 9.96 Å². The second-order valence-electron chi connectivity index (χ2n) is 8.20. The summed E-state index contributed by atoms with van der Waals surface area (Å²) >= 11 is 0. The molecule has 0 spiro atoms. The molecule has 3 heterocycles. The molecule has 25 heavy (non-hydrogen) atoms. The van der Waals surface area contributed by atoms with Gasteiger partial charge in [-0.25, -0.2) is 0 Å². The lowest BCUT2D eigenvalue weighted by Gasteiger charge is -2.51. The van der Waals surface area contributed by atoms with E-state index in [1.807, 2.05) is 0 Å². The number of piperidine rings is 2. The Hall–Kier alpha value is -0.900. The highest BCUT2D eigenvalue weighted by Crippen LogP contribution is 2.42. The van der Waals surface area contributed by atoms with Crippen LogP contribution in [-0.2, 0) is 11.3 Å². The van der Waals surface area contributed by atoms with E-state index in [-0.39, 0.29) is 0 Å². The first-order valence-electron chi connectivity index (χ1n) is 10.6. The van der Waals surface area contributed by atoms with Crippen LogP contribution in [0.15, 0.2) is 24.3 Å². The average Bonchev–Trinajstić information content (AvgIpc) is 2.66. The van der Waals surface area contributed by atoms with Gasteiger partial charge >= 0.3 is 0 Å². The number of hydrogen-bond donors (Lipinski definition) is 0. The van der Waals surface area contributed by atoms with Crippen molar-refractivity contribution in [3.8, 4) is 0 Å². The molecule has 138 valence electrons. The van der Waals surface area contributed by atoms with Gasteiger partial charge < -0.3 is 0 Å². The van der Waals surface area contributed by atoms with E-state index in [2.05, 4.69) is 41.2 Å². The molecule has 3 heteroatoms. The van der Waals surface area contributed by atoms with Crippen molar-refractivity contribution >= 4 is 0 Å². The summed E-state index contributed by atoms with van der Waals surface area (Å²) < 4.78 is 0. The van der Waals surface area contributed by atoms with Gasteiger partial charge in [0.1, 0.15) is 0 Å². The quantitative estimate of drug-likeness (QED) is 0.704. The molecule has 1 aromatic rings. The number of fused-ring (bicyclic) bond motifs is 4. The molecule has 0 aliphatic carbocycles. The molecule has 0 N–H and O–H groups in total. The number of hydrogen-bond acceptors (Lipinski definition) is 3. The third-order valence-electron chi connectivity index (χ3n) is 6.58. The number of benzene rings is 1. The van der Waals surface area contributed by atoms with Crippen molar-refractivity contribution in [2.75, 3.05) is 26.2 Å². The van der Waals surface area contributed by atoms with Gasteiger partial charge in [-0.1, -0.05) is 50.5 Å². The molecular weight excluding hydrogens is 308 g/mol. The molecule has 4 rings (SSSR count). The lowest BCUT2D eigenvalue weighted by molar-refractivity contribution is -0.225. The SMILES string of the molecule is CCCCCCON1CCCC2CN3CCc4ccccc4C3CC21. The fourth-order valence-corrected chi connectivity index (χ4v) is 5.22. The maximum Gasteiger partial charge on any atom is 0.0685 e. The van der Waals surface area contributed by atoms with Crippen molar-refractivity contribution in [2.24, 2.45) is 5.92 Å². The fourth-order valence-electron chi connectivity index (χ4n) is 5.22. The van der Waals surface area contributed by atoms with Crippen LogP contribution in [0.3, 0.4) is 0 Å². The third-order valence-corrected chi connectivity index (χ3v) is 6.58. The zero-order chi connectivity index (χ0) is 17.1. The predicted molar refractivity (Wildman–Crippen MR) is 102 cm³/mol. The summed E-state index contributed by atoms with van der Waals surface area (Å²) in [7, 11) is 0. The molecule has 1 aromatic carbocycles. The van der Waals surface area contributed by atoms with Gasteiger partial charge in [-0.15, -0.1) is 0 Å². The predicted octanol–water partition coefficient (Wildman–Crippen LogP) is 4.58. The van der Waals surface area contributed by atoms with Gasteiger partial charge in [-0.3, -0.25) is 9.74 Å². The number of unbranched alkanes of at least 4 members (excludes halogenated alkanes) is 3. The Labute approximate surface area is 153 Å². The van der Waals surface area contributed by atoms with Gasteiger partial charge in [0.05, 0.1) is 6.61 Å². The lowest BCUT2D eigenvalue weighted by Crippen LogP contribution is -2.56. The van der Waals surface area contributed by atoms with E-state index >= 15 is 0 Å². The summed E-state index contributed by atoms with van der Waals surface area (Å²) in [6.45, 7) is 6.81. The van der Waals surface area contributed by atoms with Crippen LogP contribution in [0.2, 0.25) is 0 Å². The highest BCUT2D eigenvalue weighted by molar-refractivity contribution is 5.33. The van der Waals surface area contributed by atoms with Crippen LogP contribution in [0.4, 0.5) is 0 Å². The van der Waals surface area contributed by atoms with Gasteiger partial charge in [-0.05, 0) is 49.1 Å². The van der Waals surface area contributed by atoms with Crippen LogP contribution in [0.5, 0.6) is 0 Å². The van der Waals surface area contributed by atoms with E-state index in [0.717, 1.165) is 19.1 Å². The zero-order valence-electron chi connectivity index (χ0n) is 15.8. The van der Waals surface area contributed by atoms with Crippen molar-refractivity contribution in [1.29, 1.82) is 0 Å². The number of rotatable bonds is 6. The van der Waals surface area contributed by atoms with Gasteiger partial charge in [0, 0.05) is 31.7 Å². The van der Waals surface area contributed by atoms with Crippen molar-refractivity contribution < 1.29 is 4.84 Å². The first-order chi connectivity index (χ1) is 12.4. The molecule has 0 saturated carbocycles. The molecule has 0 bridgehead atoms. The fraction of sp³-hybridized carbons (Fsp3) is 0.727. The Morgan fingerprint density at radius 1 is 1.12 bits per heavy atom. The van der Waals surface area contributed by atoms with Crippen LogP contribution in [0, 0.1) is 5.92 Å². The van der Waals surface area contributed by atoms with E-state index in [0.29, 0.717) is 12.1 Å². The average molecular weight is 343 g/mol. The van der Waals surface area contributed by atoms with E-state index in [4.69, 9.17) is 4.84 Å². The summed E-state index contributed by atoms with van der Waals surface area (Å²) in [6, 6.07) is 10.3. The molecule has 3 aliphatic rings. The van der Waals surface area contributed by atoms with Crippen LogP contribution in [-0.4, -0.2) is 42.2 Å². The summed E-state index contributed by atoms with van der Waals surface area (Å²) in [6.07, 6.45) is 10.3. The Balaban J connectivity index is 1.42. The minimum absolute atomic E-state index is 0.607. The van der Waals surface area contributed by atoms with Crippen molar-refractivity contribution in [3.05, 3.63) is 35.4 Å².